The van der Waals surface area contributed by atoms with Crippen molar-refractivity contribution >= 4 is 7.82 Å². The molecule has 0 heterocycles. The maximum atomic E-state index is 10.9. The quantitative estimate of drug-likeness (QED) is 0.210. The molecule has 0 rings (SSSR count). The molecule has 0 aromatic carbocycles. The monoisotopic (exact) mass is 250 g/mol. The summed E-state index contributed by atoms with van der Waals surface area (Å²) in [6.45, 7) is 1.98. The standard InChI is InChI=1S/C6H17N2O4P.K/c1-2-3-4-11-13(9,10)12-6(8)5-7;/h6H,2-5,7-8H2,1H3,(H,9,10);/q;+1/p-1. The summed E-state index contributed by atoms with van der Waals surface area (Å²) in [5.41, 5.74) is 10.2. The van der Waals surface area contributed by atoms with Crippen molar-refractivity contribution in [3.05, 3.63) is 0 Å². The summed E-state index contributed by atoms with van der Waals surface area (Å²) in [7, 11) is -4.25. The Morgan fingerprint density at radius 1 is 1.57 bits per heavy atom. The molecule has 0 radical (unpaired) electrons. The van der Waals surface area contributed by atoms with E-state index in [2.05, 4.69) is 9.05 Å². The van der Waals surface area contributed by atoms with Crippen molar-refractivity contribution in [2.45, 2.75) is 26.0 Å². The molecule has 14 heavy (non-hydrogen) atoms. The average Bonchev–Trinajstić information content (AvgIpc) is 2.03. The minimum Gasteiger partial charge on any atom is -0.756 e. The molecular weight excluding hydrogens is 234 g/mol. The molecule has 0 aliphatic rings. The molecule has 80 valence electrons. The Morgan fingerprint density at radius 3 is 2.57 bits per heavy atom. The Hall–Kier alpha value is 1.67. The molecule has 0 aliphatic heterocycles. The van der Waals surface area contributed by atoms with Gasteiger partial charge in [0, 0.05) is 6.54 Å². The van der Waals surface area contributed by atoms with Crippen molar-refractivity contribution < 1.29 is 69.9 Å². The third kappa shape index (κ3) is 10.2. The largest absolute Gasteiger partial charge is 1.00 e. The second-order valence-corrected chi connectivity index (χ2v) is 3.88. The third-order valence-corrected chi connectivity index (χ3v) is 2.27. The van der Waals surface area contributed by atoms with Gasteiger partial charge in [0.05, 0.1) is 6.61 Å². The third-order valence-electron chi connectivity index (χ3n) is 1.24. The number of nitrogens with two attached hydrogens (primary N) is 2. The molecule has 0 saturated carbocycles. The van der Waals surface area contributed by atoms with Gasteiger partial charge in [-0.3, -0.25) is 9.09 Å². The number of rotatable bonds is 7. The van der Waals surface area contributed by atoms with E-state index in [1.165, 1.54) is 0 Å². The van der Waals surface area contributed by atoms with Crippen molar-refractivity contribution in [3.8, 4) is 0 Å². The zero-order valence-corrected chi connectivity index (χ0v) is 12.7. The molecule has 2 unspecified atom stereocenters. The van der Waals surface area contributed by atoms with Crippen LogP contribution in [0.1, 0.15) is 19.8 Å². The van der Waals surface area contributed by atoms with E-state index in [-0.39, 0.29) is 64.5 Å². The molecule has 0 aliphatic carbocycles. The van der Waals surface area contributed by atoms with Gasteiger partial charge >= 0.3 is 51.4 Å². The van der Waals surface area contributed by atoms with Crippen LogP contribution in [0, 0.1) is 0 Å². The van der Waals surface area contributed by atoms with Crippen LogP contribution in [0.3, 0.4) is 0 Å². The van der Waals surface area contributed by atoms with Gasteiger partial charge in [-0.1, -0.05) is 13.3 Å². The van der Waals surface area contributed by atoms with Crippen molar-refractivity contribution in [1.29, 1.82) is 0 Å². The van der Waals surface area contributed by atoms with E-state index >= 15 is 0 Å². The van der Waals surface area contributed by atoms with Gasteiger partial charge in [0.1, 0.15) is 6.23 Å². The Bertz CT molecular complexity index is 183. The van der Waals surface area contributed by atoms with Gasteiger partial charge in [-0.05, 0) is 6.42 Å². The van der Waals surface area contributed by atoms with Crippen LogP contribution < -0.4 is 67.7 Å². The molecule has 0 saturated heterocycles. The minimum atomic E-state index is -4.25. The molecule has 0 aromatic heterocycles. The van der Waals surface area contributed by atoms with E-state index < -0.39 is 14.1 Å². The van der Waals surface area contributed by atoms with Crippen LogP contribution in [0.2, 0.25) is 0 Å². The van der Waals surface area contributed by atoms with E-state index in [0.29, 0.717) is 6.42 Å². The molecule has 6 nitrogen and oxygen atoms in total. The van der Waals surface area contributed by atoms with Gasteiger partial charge in [0.25, 0.3) is 7.82 Å². The van der Waals surface area contributed by atoms with Crippen LogP contribution in [-0.4, -0.2) is 19.4 Å². The van der Waals surface area contributed by atoms with Crippen LogP contribution in [0.5, 0.6) is 0 Å². The number of phosphoric acid groups is 1. The van der Waals surface area contributed by atoms with E-state index in [9.17, 15) is 9.46 Å². The summed E-state index contributed by atoms with van der Waals surface area (Å²) in [5.74, 6) is 0. The van der Waals surface area contributed by atoms with Gasteiger partial charge in [-0.15, -0.1) is 0 Å². The fourth-order valence-electron chi connectivity index (χ4n) is 0.560. The van der Waals surface area contributed by atoms with E-state index in [1.807, 2.05) is 6.92 Å². The Morgan fingerprint density at radius 2 is 2.14 bits per heavy atom. The number of hydrogen-bond acceptors (Lipinski definition) is 6. The van der Waals surface area contributed by atoms with Crippen LogP contribution >= 0.6 is 7.82 Å². The fraction of sp³-hybridized carbons (Fsp3) is 1.00. The van der Waals surface area contributed by atoms with Crippen molar-refractivity contribution in [2.75, 3.05) is 13.2 Å². The summed E-state index contributed by atoms with van der Waals surface area (Å²) in [6.07, 6.45) is 0.487. The normalized spacial score (nSPS) is 16.9. The second kappa shape index (κ2) is 9.86. The van der Waals surface area contributed by atoms with E-state index in [1.54, 1.807) is 0 Å². The zero-order valence-electron chi connectivity index (χ0n) is 8.64. The van der Waals surface area contributed by atoms with Crippen LogP contribution in [0.15, 0.2) is 0 Å². The fourth-order valence-corrected chi connectivity index (χ4v) is 1.39. The van der Waals surface area contributed by atoms with Gasteiger partial charge in [0.15, 0.2) is 0 Å². The Kier molecular flexibility index (Phi) is 12.7. The van der Waals surface area contributed by atoms with Crippen molar-refractivity contribution in [3.63, 3.8) is 0 Å². The SMILES string of the molecule is CCCCOP(=O)([O-])OC(N)CN.[K+]. The van der Waals surface area contributed by atoms with E-state index in [0.717, 1.165) is 6.42 Å². The van der Waals surface area contributed by atoms with Crippen molar-refractivity contribution in [1.82, 2.24) is 0 Å². The molecular formula is C6H16KN2O4P. The molecule has 0 bridgehead atoms. The number of hydrogen-bond donors (Lipinski definition) is 2. The van der Waals surface area contributed by atoms with Crippen LogP contribution in [-0.2, 0) is 13.6 Å². The average molecular weight is 250 g/mol. The molecule has 0 spiro atoms. The summed E-state index contributed by atoms with van der Waals surface area (Å²) < 4.78 is 19.8. The molecule has 8 heteroatoms. The molecule has 4 N–H and O–H groups in total. The smallest absolute Gasteiger partial charge is 0.756 e. The molecule has 0 aromatic rings. The predicted octanol–water partition coefficient (Wildman–Crippen LogP) is -3.46. The minimum absolute atomic E-state index is 0. The number of phosphoric ester groups is 1. The number of unbranched alkanes of at least 4 members (excludes halogenated alkanes) is 1. The van der Waals surface area contributed by atoms with Crippen LogP contribution in [0.25, 0.3) is 0 Å². The van der Waals surface area contributed by atoms with Gasteiger partial charge < -0.3 is 20.9 Å². The van der Waals surface area contributed by atoms with Crippen LogP contribution in [0.4, 0.5) is 0 Å². The summed E-state index contributed by atoms with van der Waals surface area (Å²) in [4.78, 5) is 10.9. The first-order valence-electron chi connectivity index (χ1n) is 4.11. The predicted molar refractivity (Wildman–Crippen MR) is 46.6 cm³/mol. The van der Waals surface area contributed by atoms with E-state index in [4.69, 9.17) is 11.5 Å². The van der Waals surface area contributed by atoms with Gasteiger partial charge in [0.2, 0.25) is 0 Å². The second-order valence-electron chi connectivity index (χ2n) is 2.51. The zero-order chi connectivity index (χ0) is 10.3. The Labute approximate surface area is 127 Å². The maximum Gasteiger partial charge on any atom is 1.00 e. The topological polar surface area (TPSA) is 111 Å². The Balaban J connectivity index is 0. The molecule has 2 atom stereocenters. The first-order valence-corrected chi connectivity index (χ1v) is 5.57. The maximum absolute atomic E-state index is 10.9. The summed E-state index contributed by atoms with van der Waals surface area (Å²) in [5, 5.41) is 0. The summed E-state index contributed by atoms with van der Waals surface area (Å²) in [6, 6.07) is 0. The first kappa shape index (κ1) is 18.0. The van der Waals surface area contributed by atoms with Crippen molar-refractivity contribution in [2.24, 2.45) is 11.5 Å². The summed E-state index contributed by atoms with van der Waals surface area (Å²) >= 11 is 0. The molecule has 0 amide bonds. The van der Waals surface area contributed by atoms with Gasteiger partial charge in [-0.2, -0.15) is 0 Å². The molecule has 0 fully saturated rings. The van der Waals surface area contributed by atoms with Gasteiger partial charge in [-0.25, -0.2) is 0 Å². The first-order chi connectivity index (χ1) is 6.02.